The van der Waals surface area contributed by atoms with E-state index >= 15 is 0 Å². The molecular weight excluding hydrogens is 354 g/mol. The van der Waals surface area contributed by atoms with Gasteiger partial charge < -0.3 is 0 Å². The SMILES string of the molecule is CC.O=C(Cc1cccnc1)Cc1cnc2ccccc2c1-c1cncs1. The molecule has 0 atom stereocenters. The summed E-state index contributed by atoms with van der Waals surface area (Å²) in [5.41, 5.74) is 5.67. The molecule has 0 saturated heterocycles. The number of thiazole rings is 1. The molecule has 0 aliphatic rings. The van der Waals surface area contributed by atoms with Gasteiger partial charge in [0.25, 0.3) is 0 Å². The smallest absolute Gasteiger partial charge is 0.141 e. The monoisotopic (exact) mass is 375 g/mol. The minimum atomic E-state index is 0.149. The van der Waals surface area contributed by atoms with Gasteiger partial charge in [-0.3, -0.25) is 19.7 Å². The largest absolute Gasteiger partial charge is 0.299 e. The van der Waals surface area contributed by atoms with E-state index in [1.165, 1.54) is 0 Å². The topological polar surface area (TPSA) is 55.7 Å². The summed E-state index contributed by atoms with van der Waals surface area (Å²) in [4.78, 5) is 26.4. The Balaban J connectivity index is 0.00000102. The van der Waals surface area contributed by atoms with Gasteiger partial charge in [-0.15, -0.1) is 11.3 Å². The number of hydrogen-bond acceptors (Lipinski definition) is 5. The van der Waals surface area contributed by atoms with Gasteiger partial charge in [0.05, 0.1) is 15.9 Å². The van der Waals surface area contributed by atoms with Crippen molar-refractivity contribution in [1.29, 1.82) is 0 Å². The number of fused-ring (bicyclic) bond motifs is 1. The molecule has 5 heteroatoms. The van der Waals surface area contributed by atoms with Crippen LogP contribution in [-0.2, 0) is 17.6 Å². The van der Waals surface area contributed by atoms with Crippen LogP contribution in [0.25, 0.3) is 21.3 Å². The molecule has 0 amide bonds. The first-order chi connectivity index (χ1) is 13.3. The van der Waals surface area contributed by atoms with Crippen LogP contribution in [0.3, 0.4) is 0 Å². The van der Waals surface area contributed by atoms with E-state index in [4.69, 9.17) is 0 Å². The summed E-state index contributed by atoms with van der Waals surface area (Å²) in [6.45, 7) is 4.00. The van der Waals surface area contributed by atoms with E-state index in [-0.39, 0.29) is 5.78 Å². The molecule has 1 aromatic carbocycles. The first kappa shape index (κ1) is 18.9. The lowest BCUT2D eigenvalue weighted by atomic mass is 9.97. The fourth-order valence-electron chi connectivity index (χ4n) is 2.95. The van der Waals surface area contributed by atoms with E-state index in [9.17, 15) is 4.79 Å². The van der Waals surface area contributed by atoms with E-state index in [0.29, 0.717) is 12.8 Å². The first-order valence-electron chi connectivity index (χ1n) is 8.97. The molecule has 3 heterocycles. The Morgan fingerprint density at radius 3 is 2.56 bits per heavy atom. The zero-order valence-electron chi connectivity index (χ0n) is 15.4. The number of Topliss-reactive ketones (excluding diaryl/α,β-unsaturated/α-hetero) is 1. The number of ketones is 1. The van der Waals surface area contributed by atoms with Crippen molar-refractivity contribution in [3.8, 4) is 10.4 Å². The van der Waals surface area contributed by atoms with Crippen molar-refractivity contribution >= 4 is 28.0 Å². The number of carbonyl (C=O) groups is 1. The van der Waals surface area contributed by atoms with Crippen LogP contribution >= 0.6 is 11.3 Å². The first-order valence-corrected chi connectivity index (χ1v) is 9.85. The molecule has 4 aromatic rings. The predicted molar refractivity (Wildman–Crippen MR) is 111 cm³/mol. The Labute approximate surface area is 163 Å². The van der Waals surface area contributed by atoms with Crippen molar-refractivity contribution in [3.05, 3.63) is 77.8 Å². The second kappa shape index (κ2) is 9.14. The van der Waals surface area contributed by atoms with Crippen LogP contribution in [0, 0.1) is 0 Å². The van der Waals surface area contributed by atoms with Crippen LogP contribution in [0.2, 0.25) is 0 Å². The van der Waals surface area contributed by atoms with Crippen molar-refractivity contribution in [2.75, 3.05) is 0 Å². The Bertz CT molecular complexity index is 1010. The highest BCUT2D eigenvalue weighted by atomic mass is 32.1. The van der Waals surface area contributed by atoms with Crippen LogP contribution in [0.1, 0.15) is 25.0 Å². The zero-order valence-corrected chi connectivity index (χ0v) is 16.2. The van der Waals surface area contributed by atoms with Gasteiger partial charge in [0, 0.05) is 48.6 Å². The van der Waals surface area contributed by atoms with Gasteiger partial charge in [0.1, 0.15) is 5.78 Å². The molecule has 27 heavy (non-hydrogen) atoms. The Morgan fingerprint density at radius 1 is 0.963 bits per heavy atom. The molecule has 0 N–H and O–H groups in total. The summed E-state index contributed by atoms with van der Waals surface area (Å²) in [5, 5.41) is 1.05. The van der Waals surface area contributed by atoms with E-state index in [0.717, 1.165) is 32.5 Å². The lowest BCUT2D eigenvalue weighted by Gasteiger charge is -2.11. The summed E-state index contributed by atoms with van der Waals surface area (Å²) < 4.78 is 0. The summed E-state index contributed by atoms with van der Waals surface area (Å²) in [6, 6.07) is 11.8. The lowest BCUT2D eigenvalue weighted by Crippen LogP contribution is -2.08. The third kappa shape index (κ3) is 4.44. The number of aromatic nitrogens is 3. The average Bonchev–Trinajstić information content (AvgIpc) is 3.24. The lowest BCUT2D eigenvalue weighted by molar-refractivity contribution is -0.117. The molecular formula is C22H21N3OS. The second-order valence-corrected chi connectivity index (χ2v) is 6.68. The number of pyridine rings is 2. The molecule has 3 aromatic heterocycles. The molecule has 0 bridgehead atoms. The van der Waals surface area contributed by atoms with Crippen LogP contribution in [-0.4, -0.2) is 20.7 Å². The zero-order chi connectivity index (χ0) is 19.1. The number of para-hydroxylation sites is 1. The van der Waals surface area contributed by atoms with Gasteiger partial charge in [-0.05, 0) is 23.3 Å². The van der Waals surface area contributed by atoms with Gasteiger partial charge in [-0.25, -0.2) is 0 Å². The quantitative estimate of drug-likeness (QED) is 0.485. The van der Waals surface area contributed by atoms with E-state index in [1.54, 1.807) is 23.7 Å². The summed E-state index contributed by atoms with van der Waals surface area (Å²) in [5.74, 6) is 0.149. The van der Waals surface area contributed by atoms with Crippen LogP contribution in [0.4, 0.5) is 0 Å². The molecule has 0 aliphatic heterocycles. The van der Waals surface area contributed by atoms with Crippen molar-refractivity contribution in [2.24, 2.45) is 0 Å². The molecule has 0 saturated carbocycles. The maximum atomic E-state index is 12.6. The molecule has 136 valence electrons. The van der Waals surface area contributed by atoms with Gasteiger partial charge in [0.2, 0.25) is 0 Å². The van der Waals surface area contributed by atoms with Gasteiger partial charge >= 0.3 is 0 Å². The predicted octanol–water partition coefficient (Wildman–Crippen LogP) is 5.13. The number of nitrogens with zero attached hydrogens (tertiary/aromatic N) is 3. The van der Waals surface area contributed by atoms with Crippen LogP contribution < -0.4 is 0 Å². The summed E-state index contributed by atoms with van der Waals surface area (Å²) >= 11 is 1.58. The summed E-state index contributed by atoms with van der Waals surface area (Å²) in [6.07, 6.45) is 7.84. The van der Waals surface area contributed by atoms with Gasteiger partial charge in [-0.2, -0.15) is 0 Å². The maximum Gasteiger partial charge on any atom is 0.141 e. The number of carbonyl (C=O) groups excluding carboxylic acids is 1. The molecule has 0 aliphatic carbocycles. The maximum absolute atomic E-state index is 12.6. The minimum Gasteiger partial charge on any atom is -0.299 e. The molecule has 0 radical (unpaired) electrons. The van der Waals surface area contributed by atoms with Gasteiger partial charge in [-0.1, -0.05) is 38.1 Å². The highest BCUT2D eigenvalue weighted by Crippen LogP contribution is 2.33. The molecule has 0 fully saturated rings. The molecule has 0 spiro atoms. The van der Waals surface area contributed by atoms with E-state index in [1.807, 2.05) is 68.1 Å². The molecule has 4 rings (SSSR count). The highest BCUT2D eigenvalue weighted by Gasteiger charge is 2.15. The van der Waals surface area contributed by atoms with E-state index in [2.05, 4.69) is 15.0 Å². The third-order valence-corrected chi connectivity index (χ3v) is 4.83. The third-order valence-electron chi connectivity index (χ3n) is 4.04. The Kier molecular flexibility index (Phi) is 6.39. The fraction of sp³-hybridized carbons (Fsp3) is 0.182. The number of hydrogen-bond donors (Lipinski definition) is 0. The van der Waals surface area contributed by atoms with Crippen molar-refractivity contribution < 1.29 is 4.79 Å². The van der Waals surface area contributed by atoms with Crippen LogP contribution in [0.5, 0.6) is 0 Å². The Morgan fingerprint density at radius 2 is 1.81 bits per heavy atom. The molecule has 0 unspecified atom stereocenters. The Hall–Kier alpha value is -2.92. The fourth-order valence-corrected chi connectivity index (χ4v) is 3.67. The average molecular weight is 375 g/mol. The van der Waals surface area contributed by atoms with Gasteiger partial charge in [0.15, 0.2) is 0 Å². The van der Waals surface area contributed by atoms with E-state index < -0.39 is 0 Å². The standard InChI is InChI=1S/C20H15N3OS.C2H6/c24-16(8-14-4-3-7-21-10-14)9-15-11-23-18-6-2-1-5-17(18)20(15)19-12-22-13-25-19;1-2/h1-7,10-13H,8-9H2;1-2H3. The van der Waals surface area contributed by atoms with Crippen molar-refractivity contribution in [3.63, 3.8) is 0 Å². The highest BCUT2D eigenvalue weighted by molar-refractivity contribution is 7.13. The van der Waals surface area contributed by atoms with Crippen LogP contribution in [0.15, 0.2) is 66.7 Å². The normalized spacial score (nSPS) is 10.3. The number of rotatable bonds is 5. The van der Waals surface area contributed by atoms with Crippen molar-refractivity contribution in [1.82, 2.24) is 15.0 Å². The molecule has 4 nitrogen and oxygen atoms in total. The number of benzene rings is 1. The second-order valence-electron chi connectivity index (χ2n) is 5.79. The summed E-state index contributed by atoms with van der Waals surface area (Å²) in [7, 11) is 0. The minimum absolute atomic E-state index is 0.149. The van der Waals surface area contributed by atoms with Crippen molar-refractivity contribution in [2.45, 2.75) is 26.7 Å².